The summed E-state index contributed by atoms with van der Waals surface area (Å²) in [6, 6.07) is -0.0713. The van der Waals surface area contributed by atoms with Crippen LogP contribution in [0.2, 0.25) is 0 Å². The molecule has 0 aromatic carbocycles. The van der Waals surface area contributed by atoms with Gasteiger partial charge in [-0.15, -0.1) is 0 Å². The number of hydrogen-bond acceptors (Lipinski definition) is 15. The number of rotatable bonds is 10. The van der Waals surface area contributed by atoms with Crippen molar-refractivity contribution >= 4 is 19.3 Å². The topological polar surface area (TPSA) is 297 Å². The summed E-state index contributed by atoms with van der Waals surface area (Å²) in [6.45, 7) is -0.667. The lowest BCUT2D eigenvalue weighted by Gasteiger charge is -2.44. The summed E-state index contributed by atoms with van der Waals surface area (Å²) < 4.78 is 29.5. The second-order valence-electron chi connectivity index (χ2n) is 9.27. The number of hydrogen-bond donors (Lipinski definition) is 10. The number of amides is 1. The quantitative estimate of drug-likeness (QED) is 0.115. The molecule has 2 aliphatic rings. The van der Waals surface area contributed by atoms with E-state index in [-0.39, 0.29) is 5.82 Å². The first kappa shape index (κ1) is 31.5. The Morgan fingerprint density at radius 3 is 2.54 bits per heavy atom. The van der Waals surface area contributed by atoms with Gasteiger partial charge in [0.05, 0.1) is 31.5 Å². The number of ether oxygens (including phenoxy) is 2. The number of nitrogens with two attached hydrogens (primary N) is 1. The Balaban J connectivity index is 1.70. The molecule has 19 heteroatoms. The van der Waals surface area contributed by atoms with Crippen molar-refractivity contribution in [3.05, 3.63) is 22.7 Å². The number of carbonyl (C=O) groups is 1. The first-order valence-corrected chi connectivity index (χ1v) is 13.4. The lowest BCUT2D eigenvalue weighted by Crippen LogP contribution is -2.63. The van der Waals surface area contributed by atoms with Crippen molar-refractivity contribution in [3.63, 3.8) is 0 Å². The summed E-state index contributed by atoms with van der Waals surface area (Å²) in [6.07, 6.45) is -14.1. The average Bonchev–Trinajstić information content (AvgIpc) is 3.15. The van der Waals surface area contributed by atoms with Crippen LogP contribution in [0.5, 0.6) is 0 Å². The maximum atomic E-state index is 12.9. The van der Waals surface area contributed by atoms with Gasteiger partial charge in [0.1, 0.15) is 42.4 Å². The Bertz CT molecular complexity index is 1110. The highest BCUT2D eigenvalue weighted by atomic mass is 31.2. The number of nitrogens with zero attached hydrogens (tertiary/aromatic N) is 2. The van der Waals surface area contributed by atoms with Gasteiger partial charge in [0.2, 0.25) is 5.91 Å². The molecule has 1 amide bonds. The first-order valence-electron chi connectivity index (χ1n) is 11.8. The van der Waals surface area contributed by atoms with E-state index in [9.17, 15) is 49.7 Å². The fourth-order valence-electron chi connectivity index (χ4n) is 4.35. The van der Waals surface area contributed by atoms with Crippen LogP contribution in [0.25, 0.3) is 0 Å². The van der Waals surface area contributed by atoms with Crippen LogP contribution in [0.3, 0.4) is 0 Å². The van der Waals surface area contributed by atoms with Gasteiger partial charge in [0.25, 0.3) is 0 Å². The van der Waals surface area contributed by atoms with Crippen molar-refractivity contribution < 1.29 is 64.0 Å². The molecule has 3 heterocycles. The average molecular weight is 584 g/mol. The van der Waals surface area contributed by atoms with E-state index in [0.717, 1.165) is 17.7 Å². The molecule has 1 aromatic rings. The van der Waals surface area contributed by atoms with Gasteiger partial charge in [-0.05, 0) is 6.07 Å². The van der Waals surface area contributed by atoms with E-state index in [0.29, 0.717) is 0 Å². The molecule has 2 aliphatic heterocycles. The fraction of sp³-hybridized carbons (Fsp3) is 0.750. The highest BCUT2D eigenvalue weighted by Gasteiger charge is 2.51. The van der Waals surface area contributed by atoms with Crippen molar-refractivity contribution in [1.29, 1.82) is 0 Å². The predicted octanol–water partition coefficient (Wildman–Crippen LogP) is -5.30. The molecule has 0 spiro atoms. The van der Waals surface area contributed by atoms with Crippen LogP contribution in [-0.2, 0) is 23.4 Å². The molecule has 0 aliphatic carbocycles. The number of carbonyl (C=O) groups excluding carboxylic acids is 1. The molecule has 0 bridgehead atoms. The summed E-state index contributed by atoms with van der Waals surface area (Å²) in [5.74, 6) is -3.07. The Morgan fingerprint density at radius 2 is 1.95 bits per heavy atom. The lowest BCUT2D eigenvalue weighted by atomic mass is 9.90. The third-order valence-corrected chi connectivity index (χ3v) is 7.94. The Morgan fingerprint density at radius 1 is 1.28 bits per heavy atom. The number of nitrogens with one attached hydrogen (secondary N) is 1. The highest BCUT2D eigenvalue weighted by Crippen LogP contribution is 2.50. The second-order valence-corrected chi connectivity index (χ2v) is 11.2. The molecule has 2 saturated heterocycles. The van der Waals surface area contributed by atoms with Crippen LogP contribution in [0.1, 0.15) is 19.6 Å². The van der Waals surface area contributed by atoms with Crippen molar-refractivity contribution in [2.75, 3.05) is 18.9 Å². The van der Waals surface area contributed by atoms with Crippen molar-refractivity contribution in [2.24, 2.45) is 0 Å². The van der Waals surface area contributed by atoms with E-state index in [1.165, 1.54) is 6.07 Å². The summed E-state index contributed by atoms with van der Waals surface area (Å²) in [4.78, 5) is 37.5. The second kappa shape index (κ2) is 12.6. The van der Waals surface area contributed by atoms with Gasteiger partial charge < -0.3 is 65.7 Å². The maximum absolute atomic E-state index is 12.9. The summed E-state index contributed by atoms with van der Waals surface area (Å²) in [7, 11) is -5.05. The molecule has 222 valence electrons. The van der Waals surface area contributed by atoms with Gasteiger partial charge in [0.15, 0.2) is 12.1 Å². The molecule has 0 saturated carbocycles. The van der Waals surface area contributed by atoms with E-state index in [1.807, 2.05) is 0 Å². The lowest BCUT2D eigenvalue weighted by molar-refractivity contribution is -0.194. The summed E-state index contributed by atoms with van der Waals surface area (Å²) >= 11 is 0. The van der Waals surface area contributed by atoms with Crippen LogP contribution in [0.15, 0.2) is 17.1 Å². The van der Waals surface area contributed by atoms with Crippen LogP contribution < -0.4 is 16.7 Å². The molecule has 1 aromatic heterocycles. The zero-order valence-electron chi connectivity index (χ0n) is 20.6. The molecule has 39 heavy (non-hydrogen) atoms. The minimum absolute atomic E-state index is 0.0987. The summed E-state index contributed by atoms with van der Waals surface area (Å²) in [5.41, 5.74) is 4.53. The Hall–Kier alpha value is -2.06. The highest BCUT2D eigenvalue weighted by molar-refractivity contribution is 7.53. The first-order chi connectivity index (χ1) is 18.2. The number of aromatic nitrogens is 2. The summed E-state index contributed by atoms with van der Waals surface area (Å²) in [5, 5.41) is 73.4. The van der Waals surface area contributed by atoms with Crippen LogP contribution >= 0.6 is 7.60 Å². The molecule has 0 radical (unpaired) electrons. The van der Waals surface area contributed by atoms with Gasteiger partial charge >= 0.3 is 13.3 Å². The maximum Gasteiger partial charge on any atom is 0.359 e. The molecular weight excluding hydrogens is 551 g/mol. The number of nitrogen functional groups attached to an aromatic ring is 1. The minimum atomic E-state index is -5.05. The zero-order chi connectivity index (χ0) is 29.2. The van der Waals surface area contributed by atoms with Crippen molar-refractivity contribution in [1.82, 2.24) is 14.9 Å². The normalized spacial score (nSPS) is 35.1. The fourth-order valence-corrected chi connectivity index (χ4v) is 5.48. The van der Waals surface area contributed by atoms with Gasteiger partial charge in [0, 0.05) is 19.5 Å². The molecular formula is C20H33N4O14P. The van der Waals surface area contributed by atoms with Gasteiger partial charge in [-0.2, -0.15) is 4.98 Å². The molecule has 4 unspecified atom stereocenters. The Labute approximate surface area is 220 Å². The smallest absolute Gasteiger partial charge is 0.359 e. The van der Waals surface area contributed by atoms with Gasteiger partial charge in [-0.25, -0.2) is 4.79 Å². The molecule has 3 rings (SSSR count). The molecule has 11 N–H and O–H groups in total. The zero-order valence-corrected chi connectivity index (χ0v) is 21.5. The minimum Gasteiger partial charge on any atom is -0.394 e. The van der Waals surface area contributed by atoms with Gasteiger partial charge in [-0.1, -0.05) is 0 Å². The molecule has 12 atom stereocenters. The standard InChI is InChI=1S/C20H33N4O14P/c1-7(26)22-13-8(27)4-10(37-17(13)14(29)9(28)5-25)19(32)39(34,35)36-6-11-15(30)16(31)18(38-11)24-3-2-12(21)23-20(24)33/h2-3,8-11,13-19,25,27-32H,4-6H2,1H3,(H,22,26)(H,34,35)(H2,21,23,33)/t8-,9-,10-,11-,13-,14-,15+,16?,17?,18-,19?/m1/s1. The van der Waals surface area contributed by atoms with Crippen LogP contribution in [0.4, 0.5) is 5.82 Å². The van der Waals surface area contributed by atoms with Crippen LogP contribution in [-0.4, -0.2) is 130 Å². The molecule has 18 nitrogen and oxygen atoms in total. The van der Waals surface area contributed by atoms with E-state index >= 15 is 0 Å². The Kier molecular flexibility index (Phi) is 10.2. The third-order valence-electron chi connectivity index (χ3n) is 6.42. The van der Waals surface area contributed by atoms with Gasteiger partial charge in [-0.3, -0.25) is 13.9 Å². The van der Waals surface area contributed by atoms with Crippen molar-refractivity contribution in [2.45, 2.75) is 80.3 Å². The predicted molar refractivity (Wildman–Crippen MR) is 127 cm³/mol. The van der Waals surface area contributed by atoms with E-state index in [1.54, 1.807) is 0 Å². The van der Waals surface area contributed by atoms with Crippen molar-refractivity contribution in [3.8, 4) is 0 Å². The van der Waals surface area contributed by atoms with E-state index in [4.69, 9.17) is 24.8 Å². The number of aliphatic hydroxyl groups excluding tert-OH is 7. The molecule has 2 fully saturated rings. The van der Waals surface area contributed by atoms with Crippen LogP contribution in [0, 0.1) is 0 Å². The largest absolute Gasteiger partial charge is 0.394 e. The van der Waals surface area contributed by atoms with E-state index < -0.39 is 106 Å². The number of aliphatic hydroxyl groups is 7. The number of anilines is 1. The monoisotopic (exact) mass is 584 g/mol. The van der Waals surface area contributed by atoms with E-state index in [2.05, 4.69) is 10.3 Å². The third kappa shape index (κ3) is 6.99. The SMILES string of the molecule is CC(=O)N[C@H]1C([C@H](O)[C@H](O)CO)O[C@@H](C(O)P(=O)(O)OC[C@H]2O[C@@H](n3ccc(N)nc3=O)C(O)[C@H]2O)C[C@H]1O.